The van der Waals surface area contributed by atoms with Crippen LogP contribution >= 0.6 is 23.4 Å². The Labute approximate surface area is 155 Å². The molecule has 4 nitrogen and oxygen atoms in total. The molecule has 1 heterocycles. The number of halogens is 1. The number of nitrogens with zero attached hydrogens (tertiary/aromatic N) is 1. The zero-order chi connectivity index (χ0) is 17.6. The summed E-state index contributed by atoms with van der Waals surface area (Å²) < 4.78 is 0. The van der Waals surface area contributed by atoms with Crippen molar-refractivity contribution in [3.8, 4) is 0 Å². The van der Waals surface area contributed by atoms with E-state index in [1.165, 1.54) is 0 Å². The molecule has 0 aliphatic rings. The number of nitrogens with two attached hydrogens (primary N) is 1. The molecular formula is C19H16ClN3OS. The number of benzene rings is 2. The molecule has 2 aromatic carbocycles. The molecule has 1 aromatic heterocycles. The minimum absolute atomic E-state index is 0.153. The number of nitrogen functional groups attached to an aromatic ring is 1. The van der Waals surface area contributed by atoms with Crippen LogP contribution in [0.15, 0.2) is 71.8 Å². The van der Waals surface area contributed by atoms with Crippen molar-refractivity contribution in [2.75, 3.05) is 11.1 Å². The number of nitrogens with one attached hydrogen (secondary N) is 1. The van der Waals surface area contributed by atoms with Crippen molar-refractivity contribution in [3.05, 3.63) is 83.0 Å². The van der Waals surface area contributed by atoms with Crippen LogP contribution in [0.4, 0.5) is 11.5 Å². The van der Waals surface area contributed by atoms with E-state index in [9.17, 15) is 4.79 Å². The highest BCUT2D eigenvalue weighted by Crippen LogP contribution is 2.27. The van der Waals surface area contributed by atoms with Gasteiger partial charge in [0.05, 0.1) is 5.56 Å². The van der Waals surface area contributed by atoms with E-state index < -0.39 is 0 Å². The van der Waals surface area contributed by atoms with Crippen LogP contribution in [0.3, 0.4) is 0 Å². The van der Waals surface area contributed by atoms with Crippen LogP contribution in [-0.2, 0) is 5.75 Å². The first-order valence-electron chi connectivity index (χ1n) is 7.61. The Hall–Kier alpha value is -2.50. The Balaban J connectivity index is 1.73. The molecule has 0 unspecified atom stereocenters. The van der Waals surface area contributed by atoms with Gasteiger partial charge < -0.3 is 11.1 Å². The highest BCUT2D eigenvalue weighted by Gasteiger charge is 2.12. The second-order valence-corrected chi connectivity index (χ2v) is 6.79. The molecule has 25 heavy (non-hydrogen) atoms. The number of hydrogen-bond donors (Lipinski definition) is 2. The van der Waals surface area contributed by atoms with Gasteiger partial charge in [0.15, 0.2) is 0 Å². The fourth-order valence-electron chi connectivity index (χ4n) is 2.26. The molecule has 3 rings (SSSR count). The number of carbonyl (C=O) groups excluding carboxylic acids is 1. The number of carbonyl (C=O) groups is 1. The van der Waals surface area contributed by atoms with E-state index in [0.29, 0.717) is 27.8 Å². The summed E-state index contributed by atoms with van der Waals surface area (Å²) in [7, 11) is 0. The van der Waals surface area contributed by atoms with Gasteiger partial charge in [-0.3, -0.25) is 4.79 Å². The van der Waals surface area contributed by atoms with Crippen LogP contribution in [0.2, 0.25) is 5.02 Å². The Kier molecular flexibility index (Phi) is 5.58. The van der Waals surface area contributed by atoms with Crippen LogP contribution < -0.4 is 11.1 Å². The zero-order valence-corrected chi connectivity index (χ0v) is 14.8. The Morgan fingerprint density at radius 2 is 1.88 bits per heavy atom. The molecule has 0 bridgehead atoms. The highest BCUT2D eigenvalue weighted by molar-refractivity contribution is 7.98. The van der Waals surface area contributed by atoms with Gasteiger partial charge in [0.2, 0.25) is 0 Å². The fourth-order valence-corrected chi connectivity index (χ4v) is 3.38. The van der Waals surface area contributed by atoms with E-state index >= 15 is 0 Å². The lowest BCUT2D eigenvalue weighted by Crippen LogP contribution is -2.12. The SMILES string of the molecule is Nc1cc(CSc2ccccc2C(=O)Nc2ccc(Cl)cc2)ccn1. The van der Waals surface area contributed by atoms with Crippen molar-refractivity contribution in [3.63, 3.8) is 0 Å². The van der Waals surface area contributed by atoms with E-state index in [2.05, 4.69) is 10.3 Å². The maximum absolute atomic E-state index is 12.6. The summed E-state index contributed by atoms with van der Waals surface area (Å²) >= 11 is 7.46. The van der Waals surface area contributed by atoms with Crippen molar-refractivity contribution in [1.82, 2.24) is 4.98 Å². The molecule has 0 saturated heterocycles. The maximum Gasteiger partial charge on any atom is 0.256 e. The van der Waals surface area contributed by atoms with Gasteiger partial charge in [0.1, 0.15) is 5.82 Å². The predicted octanol–water partition coefficient (Wildman–Crippen LogP) is 4.86. The molecule has 126 valence electrons. The summed E-state index contributed by atoms with van der Waals surface area (Å²) in [5.74, 6) is 1.05. The molecule has 1 amide bonds. The third-order valence-corrected chi connectivity index (χ3v) is 4.87. The van der Waals surface area contributed by atoms with Gasteiger partial charge in [0.25, 0.3) is 5.91 Å². The standard InChI is InChI=1S/C19H16ClN3OS/c20-14-5-7-15(8-6-14)23-19(24)16-3-1-2-4-17(16)25-12-13-9-10-22-18(21)11-13/h1-11H,12H2,(H2,21,22)(H,23,24). The molecule has 6 heteroatoms. The monoisotopic (exact) mass is 369 g/mol. The summed E-state index contributed by atoms with van der Waals surface area (Å²) in [5.41, 5.74) is 8.10. The lowest BCUT2D eigenvalue weighted by Gasteiger charge is -2.10. The van der Waals surface area contributed by atoms with Gasteiger partial charge >= 0.3 is 0 Å². The molecule has 0 spiro atoms. The lowest BCUT2D eigenvalue weighted by atomic mass is 10.2. The van der Waals surface area contributed by atoms with Gasteiger partial charge in [-0.25, -0.2) is 4.98 Å². The first-order valence-corrected chi connectivity index (χ1v) is 8.97. The van der Waals surface area contributed by atoms with Gasteiger partial charge in [-0.05, 0) is 54.1 Å². The summed E-state index contributed by atoms with van der Waals surface area (Å²) in [5, 5.41) is 3.52. The van der Waals surface area contributed by atoms with Gasteiger partial charge in [-0.2, -0.15) is 0 Å². The van der Waals surface area contributed by atoms with Crippen LogP contribution in [0.1, 0.15) is 15.9 Å². The minimum atomic E-state index is -0.153. The average molecular weight is 370 g/mol. The number of pyridine rings is 1. The molecular weight excluding hydrogens is 354 g/mol. The van der Waals surface area contributed by atoms with Crippen molar-refractivity contribution in [2.24, 2.45) is 0 Å². The van der Waals surface area contributed by atoms with Gasteiger partial charge in [0, 0.05) is 27.6 Å². The van der Waals surface area contributed by atoms with Crippen LogP contribution in [-0.4, -0.2) is 10.9 Å². The van der Waals surface area contributed by atoms with Crippen molar-refractivity contribution in [1.29, 1.82) is 0 Å². The van der Waals surface area contributed by atoms with E-state index in [4.69, 9.17) is 17.3 Å². The number of hydrogen-bond acceptors (Lipinski definition) is 4. The largest absolute Gasteiger partial charge is 0.384 e. The van der Waals surface area contributed by atoms with Crippen molar-refractivity contribution < 1.29 is 4.79 Å². The van der Waals surface area contributed by atoms with Crippen molar-refractivity contribution in [2.45, 2.75) is 10.6 Å². The predicted molar refractivity (Wildman–Crippen MR) is 104 cm³/mol. The third kappa shape index (κ3) is 4.75. The summed E-state index contributed by atoms with van der Waals surface area (Å²) in [6.07, 6.45) is 1.68. The topological polar surface area (TPSA) is 68.0 Å². The molecule has 0 aliphatic heterocycles. The summed E-state index contributed by atoms with van der Waals surface area (Å²) in [6.45, 7) is 0. The maximum atomic E-state index is 12.6. The number of thioether (sulfide) groups is 1. The smallest absolute Gasteiger partial charge is 0.256 e. The first-order chi connectivity index (χ1) is 12.1. The Morgan fingerprint density at radius 3 is 2.64 bits per heavy atom. The fraction of sp³-hybridized carbons (Fsp3) is 0.0526. The average Bonchev–Trinajstić information content (AvgIpc) is 2.62. The van der Waals surface area contributed by atoms with Gasteiger partial charge in [-0.1, -0.05) is 23.7 Å². The molecule has 3 aromatic rings. The Bertz CT molecular complexity index is 884. The molecule has 0 fully saturated rings. The third-order valence-electron chi connectivity index (χ3n) is 3.47. The summed E-state index contributed by atoms with van der Waals surface area (Å²) in [4.78, 5) is 17.5. The normalized spacial score (nSPS) is 10.4. The molecule has 0 aliphatic carbocycles. The molecule has 0 radical (unpaired) electrons. The molecule has 3 N–H and O–H groups in total. The van der Waals surface area contributed by atoms with Gasteiger partial charge in [-0.15, -0.1) is 11.8 Å². The molecule has 0 atom stereocenters. The van der Waals surface area contributed by atoms with E-state index in [0.717, 1.165) is 10.5 Å². The number of aromatic nitrogens is 1. The van der Waals surface area contributed by atoms with E-state index in [1.54, 1.807) is 42.2 Å². The van der Waals surface area contributed by atoms with E-state index in [1.807, 2.05) is 36.4 Å². The van der Waals surface area contributed by atoms with E-state index in [-0.39, 0.29) is 5.91 Å². The van der Waals surface area contributed by atoms with Crippen molar-refractivity contribution >= 4 is 40.8 Å². The first kappa shape index (κ1) is 17.3. The number of rotatable bonds is 5. The number of amides is 1. The second-order valence-electron chi connectivity index (χ2n) is 5.33. The van der Waals surface area contributed by atoms with Crippen LogP contribution in [0, 0.1) is 0 Å². The summed E-state index contributed by atoms with van der Waals surface area (Å²) in [6, 6.07) is 18.3. The number of anilines is 2. The quantitative estimate of drug-likeness (QED) is 0.630. The Morgan fingerprint density at radius 1 is 1.12 bits per heavy atom. The minimum Gasteiger partial charge on any atom is -0.384 e. The van der Waals surface area contributed by atoms with Crippen LogP contribution in [0.5, 0.6) is 0 Å². The van der Waals surface area contributed by atoms with Crippen LogP contribution in [0.25, 0.3) is 0 Å². The highest BCUT2D eigenvalue weighted by atomic mass is 35.5. The second kappa shape index (κ2) is 8.05. The lowest BCUT2D eigenvalue weighted by molar-refractivity contribution is 0.102. The zero-order valence-electron chi connectivity index (χ0n) is 13.3. The molecule has 0 saturated carbocycles.